The highest BCUT2D eigenvalue weighted by Gasteiger charge is 2.34. The molecule has 0 spiro atoms. The maximum atomic E-state index is 12.4. The van der Waals surface area contributed by atoms with E-state index in [1.807, 2.05) is 31.2 Å². The number of hydrogen-bond acceptors (Lipinski definition) is 4. The standard InChI is InChI=1S/C18H20N4O4/c1-12-2-4-13(5-3-12)9-21-10-14(8-16(21)23)18(26)19-15-6-7-22(20-15)11-17(24)25/h2-7,14H,8-11H2,1H3,(H,24,25)(H,19,20,26)/t14-/m0/s1. The number of amides is 2. The summed E-state index contributed by atoms with van der Waals surface area (Å²) in [5.41, 5.74) is 2.18. The van der Waals surface area contributed by atoms with E-state index in [-0.39, 0.29) is 30.6 Å². The number of carboxylic acid groups (broad SMARTS) is 1. The molecule has 1 fully saturated rings. The predicted octanol–water partition coefficient (Wildman–Crippen LogP) is 1.26. The molecule has 1 aromatic carbocycles. The van der Waals surface area contributed by atoms with Gasteiger partial charge in [-0.3, -0.25) is 19.1 Å². The normalized spacial score (nSPS) is 16.7. The third kappa shape index (κ3) is 4.27. The van der Waals surface area contributed by atoms with E-state index in [1.165, 1.54) is 16.9 Å². The number of nitrogens with one attached hydrogen (secondary N) is 1. The molecular weight excluding hydrogens is 336 g/mol. The Balaban J connectivity index is 1.57. The first kappa shape index (κ1) is 17.7. The van der Waals surface area contributed by atoms with Gasteiger partial charge >= 0.3 is 5.97 Å². The van der Waals surface area contributed by atoms with Crippen molar-refractivity contribution in [3.8, 4) is 0 Å². The Hall–Kier alpha value is -3.16. The first-order chi connectivity index (χ1) is 12.4. The van der Waals surface area contributed by atoms with E-state index in [9.17, 15) is 14.4 Å². The maximum Gasteiger partial charge on any atom is 0.325 e. The van der Waals surface area contributed by atoms with Gasteiger partial charge in [0.15, 0.2) is 5.82 Å². The third-order valence-corrected chi connectivity index (χ3v) is 4.27. The zero-order chi connectivity index (χ0) is 18.7. The number of aromatic nitrogens is 2. The number of aryl methyl sites for hydroxylation is 1. The fourth-order valence-electron chi connectivity index (χ4n) is 2.90. The van der Waals surface area contributed by atoms with E-state index in [0.29, 0.717) is 13.1 Å². The monoisotopic (exact) mass is 356 g/mol. The minimum absolute atomic E-state index is 0.0536. The molecule has 0 unspecified atom stereocenters. The summed E-state index contributed by atoms with van der Waals surface area (Å²) >= 11 is 0. The van der Waals surface area contributed by atoms with E-state index in [2.05, 4.69) is 10.4 Å². The molecule has 0 radical (unpaired) electrons. The fraction of sp³-hybridized carbons (Fsp3) is 0.333. The van der Waals surface area contributed by atoms with Gasteiger partial charge in [0.2, 0.25) is 11.8 Å². The summed E-state index contributed by atoms with van der Waals surface area (Å²) in [4.78, 5) is 36.9. The number of likely N-dealkylation sites (tertiary alicyclic amines) is 1. The van der Waals surface area contributed by atoms with Gasteiger partial charge in [-0.05, 0) is 12.5 Å². The smallest absolute Gasteiger partial charge is 0.325 e. The molecule has 1 saturated heterocycles. The lowest BCUT2D eigenvalue weighted by molar-refractivity contribution is -0.138. The summed E-state index contributed by atoms with van der Waals surface area (Å²) in [5.74, 6) is -1.52. The number of hydrogen-bond donors (Lipinski definition) is 2. The summed E-state index contributed by atoms with van der Waals surface area (Å²) in [7, 11) is 0. The van der Waals surface area contributed by atoms with Gasteiger partial charge in [-0.25, -0.2) is 0 Å². The van der Waals surface area contributed by atoms with Crippen LogP contribution in [0, 0.1) is 12.8 Å². The summed E-state index contributed by atoms with van der Waals surface area (Å²) in [6.07, 6.45) is 1.64. The van der Waals surface area contributed by atoms with Crippen molar-refractivity contribution in [2.45, 2.75) is 26.4 Å². The molecule has 1 aliphatic heterocycles. The van der Waals surface area contributed by atoms with Crippen molar-refractivity contribution >= 4 is 23.6 Å². The zero-order valence-electron chi connectivity index (χ0n) is 14.4. The van der Waals surface area contributed by atoms with E-state index < -0.39 is 11.9 Å². The third-order valence-electron chi connectivity index (χ3n) is 4.27. The van der Waals surface area contributed by atoms with Crippen LogP contribution in [0.2, 0.25) is 0 Å². The molecule has 0 aliphatic carbocycles. The van der Waals surface area contributed by atoms with Crippen molar-refractivity contribution in [2.75, 3.05) is 11.9 Å². The number of carboxylic acids is 1. The second-order valence-electron chi connectivity index (χ2n) is 6.44. The molecule has 1 aromatic heterocycles. The number of anilines is 1. The van der Waals surface area contributed by atoms with Crippen LogP contribution in [0.1, 0.15) is 17.5 Å². The Morgan fingerprint density at radius 1 is 1.27 bits per heavy atom. The van der Waals surface area contributed by atoms with Crippen molar-refractivity contribution in [3.05, 3.63) is 47.7 Å². The molecule has 8 heteroatoms. The van der Waals surface area contributed by atoms with Crippen molar-refractivity contribution in [2.24, 2.45) is 5.92 Å². The van der Waals surface area contributed by atoms with E-state index in [1.54, 1.807) is 4.90 Å². The summed E-state index contributed by atoms with van der Waals surface area (Å²) in [5, 5.41) is 15.4. The number of rotatable bonds is 6. The molecule has 1 atom stereocenters. The Bertz CT molecular complexity index is 828. The fourth-order valence-corrected chi connectivity index (χ4v) is 2.90. The lowest BCUT2D eigenvalue weighted by atomic mass is 10.1. The number of carbonyl (C=O) groups excluding carboxylic acids is 2. The minimum atomic E-state index is -1.01. The average Bonchev–Trinajstić information content (AvgIpc) is 3.16. The van der Waals surface area contributed by atoms with E-state index >= 15 is 0 Å². The number of aliphatic carboxylic acids is 1. The molecule has 2 heterocycles. The van der Waals surface area contributed by atoms with E-state index in [4.69, 9.17) is 5.11 Å². The van der Waals surface area contributed by atoms with E-state index in [0.717, 1.165) is 11.1 Å². The number of benzene rings is 1. The van der Waals surface area contributed by atoms with Crippen LogP contribution in [0.15, 0.2) is 36.5 Å². The van der Waals surface area contributed by atoms with Crippen molar-refractivity contribution in [1.82, 2.24) is 14.7 Å². The molecule has 2 N–H and O–H groups in total. The van der Waals surface area contributed by atoms with Gasteiger partial charge in [-0.1, -0.05) is 29.8 Å². The quantitative estimate of drug-likeness (QED) is 0.811. The van der Waals surface area contributed by atoms with Crippen LogP contribution < -0.4 is 5.32 Å². The summed E-state index contributed by atoms with van der Waals surface area (Å²) < 4.78 is 1.22. The second-order valence-corrected chi connectivity index (χ2v) is 6.44. The molecule has 26 heavy (non-hydrogen) atoms. The Morgan fingerprint density at radius 2 is 2.00 bits per heavy atom. The van der Waals surface area contributed by atoms with Crippen LogP contribution in [0.5, 0.6) is 0 Å². The van der Waals surface area contributed by atoms with Gasteiger partial charge in [0, 0.05) is 31.8 Å². The molecule has 0 bridgehead atoms. The van der Waals surface area contributed by atoms with Crippen molar-refractivity contribution in [3.63, 3.8) is 0 Å². The topological polar surface area (TPSA) is 105 Å². The maximum absolute atomic E-state index is 12.4. The average molecular weight is 356 g/mol. The van der Waals surface area contributed by atoms with Gasteiger partial charge in [0.05, 0.1) is 5.92 Å². The molecule has 0 saturated carbocycles. The molecule has 8 nitrogen and oxygen atoms in total. The minimum Gasteiger partial charge on any atom is -0.480 e. The van der Waals surface area contributed by atoms with Crippen LogP contribution >= 0.6 is 0 Å². The van der Waals surface area contributed by atoms with Crippen LogP contribution in [0.25, 0.3) is 0 Å². The van der Waals surface area contributed by atoms with Gasteiger partial charge in [0.1, 0.15) is 6.54 Å². The highest BCUT2D eigenvalue weighted by Crippen LogP contribution is 2.21. The van der Waals surface area contributed by atoms with Gasteiger partial charge < -0.3 is 15.3 Å². The molecule has 3 rings (SSSR count). The van der Waals surface area contributed by atoms with Crippen LogP contribution in [0.4, 0.5) is 5.82 Å². The van der Waals surface area contributed by atoms with Gasteiger partial charge in [-0.15, -0.1) is 0 Å². The molecule has 136 valence electrons. The Morgan fingerprint density at radius 3 is 2.69 bits per heavy atom. The molecule has 2 aromatic rings. The second kappa shape index (κ2) is 7.38. The molecule has 1 aliphatic rings. The largest absolute Gasteiger partial charge is 0.480 e. The van der Waals surface area contributed by atoms with Crippen molar-refractivity contribution in [1.29, 1.82) is 0 Å². The first-order valence-electron chi connectivity index (χ1n) is 8.30. The summed E-state index contributed by atoms with van der Waals surface area (Å²) in [6.45, 7) is 2.57. The first-order valence-corrected chi connectivity index (χ1v) is 8.30. The highest BCUT2D eigenvalue weighted by atomic mass is 16.4. The van der Waals surface area contributed by atoms with Crippen LogP contribution in [0.3, 0.4) is 0 Å². The lowest BCUT2D eigenvalue weighted by Gasteiger charge is -2.16. The zero-order valence-corrected chi connectivity index (χ0v) is 14.4. The number of nitrogens with zero attached hydrogens (tertiary/aromatic N) is 3. The SMILES string of the molecule is Cc1ccc(CN2C[C@@H](C(=O)Nc3ccn(CC(=O)O)n3)CC2=O)cc1. The van der Waals surface area contributed by atoms with Crippen LogP contribution in [-0.4, -0.2) is 44.1 Å². The van der Waals surface area contributed by atoms with Gasteiger partial charge in [0.25, 0.3) is 0 Å². The van der Waals surface area contributed by atoms with Gasteiger partial charge in [-0.2, -0.15) is 5.10 Å². The number of carbonyl (C=O) groups is 3. The van der Waals surface area contributed by atoms with Crippen molar-refractivity contribution < 1.29 is 19.5 Å². The predicted molar refractivity (Wildman–Crippen MR) is 93.2 cm³/mol. The Labute approximate surface area is 150 Å². The van der Waals surface area contributed by atoms with Crippen LogP contribution in [-0.2, 0) is 27.5 Å². The lowest BCUT2D eigenvalue weighted by Crippen LogP contribution is -2.28. The summed E-state index contributed by atoms with van der Waals surface area (Å²) in [6, 6.07) is 9.47. The highest BCUT2D eigenvalue weighted by molar-refractivity contribution is 5.96. The Kier molecular flexibility index (Phi) is 5.01. The molecule has 2 amide bonds. The molecular formula is C18H20N4O4.